The first kappa shape index (κ1) is 38.8. The maximum atomic E-state index is 12.3. The van der Waals surface area contributed by atoms with Crippen LogP contribution in [-0.4, -0.2) is 122 Å². The monoisotopic (exact) mass is 678 g/mol. The lowest BCUT2D eigenvalue weighted by Gasteiger charge is -2.48. The third kappa shape index (κ3) is 12.1. The second-order valence-electron chi connectivity index (χ2n) is 10.3. The van der Waals surface area contributed by atoms with Gasteiger partial charge in [0.25, 0.3) is 0 Å². The summed E-state index contributed by atoms with van der Waals surface area (Å²) in [4.78, 5) is 96.3. The molecule has 0 aromatic rings. The van der Waals surface area contributed by atoms with Gasteiger partial charge in [-0.05, 0) is 0 Å². The van der Waals surface area contributed by atoms with Crippen molar-refractivity contribution >= 4 is 47.8 Å². The molecule has 0 bridgehead atoms. The van der Waals surface area contributed by atoms with Crippen molar-refractivity contribution < 1.29 is 90.5 Å². The van der Waals surface area contributed by atoms with E-state index in [9.17, 15) is 38.4 Å². The van der Waals surface area contributed by atoms with Crippen LogP contribution < -0.4 is 0 Å². The highest BCUT2D eigenvalue weighted by atomic mass is 16.8. The van der Waals surface area contributed by atoms with Gasteiger partial charge in [-0.2, -0.15) is 0 Å². The van der Waals surface area contributed by atoms with E-state index in [2.05, 4.69) is 0 Å². The summed E-state index contributed by atoms with van der Waals surface area (Å²) >= 11 is 0. The van der Waals surface area contributed by atoms with E-state index >= 15 is 0 Å². The van der Waals surface area contributed by atoms with Crippen LogP contribution >= 0.6 is 0 Å². The van der Waals surface area contributed by atoms with Gasteiger partial charge in [-0.15, -0.1) is 0 Å². The average Bonchev–Trinajstić information content (AvgIpc) is 2.91. The van der Waals surface area contributed by atoms with Crippen molar-refractivity contribution in [3.8, 4) is 0 Å². The maximum Gasteiger partial charge on any atom is 0.305 e. The summed E-state index contributed by atoms with van der Waals surface area (Å²) in [5.41, 5.74) is 0. The zero-order chi connectivity index (χ0) is 35.6. The lowest BCUT2D eigenvalue weighted by atomic mass is 9.96. The molecule has 0 N–H and O–H groups in total. The zero-order valence-corrected chi connectivity index (χ0v) is 26.9. The Morgan fingerprint density at radius 2 is 0.702 bits per heavy atom. The first-order valence-electron chi connectivity index (χ1n) is 14.2. The van der Waals surface area contributed by atoms with E-state index in [1.54, 1.807) is 0 Å². The van der Waals surface area contributed by atoms with Gasteiger partial charge in [0.1, 0.15) is 31.5 Å². The van der Waals surface area contributed by atoms with Gasteiger partial charge in [-0.1, -0.05) is 0 Å². The fourth-order valence-corrected chi connectivity index (χ4v) is 4.73. The fraction of sp³-hybridized carbons (Fsp3) is 0.714. The topological polar surface area (TPSA) is 238 Å². The minimum absolute atomic E-state index is 0.590. The first-order valence-corrected chi connectivity index (χ1v) is 14.2. The standard InChI is InChI=1S/C28H38O19/c1-11(29)37-9-19-21(39-13(3)31)23(40-14(4)32)26(43-17(7)35)28(46-19)47-22-20(10-38-12(2)30)45-27(44-18(8)36)25(42-16(6)34)24(22)41-15(5)33/h19-28H,9-10H2,1-8H3/t19-,20-,21-,22-,23+,24+,25-,26-,27+,28+/m0/s1. The van der Waals surface area contributed by atoms with Crippen LogP contribution in [0.25, 0.3) is 0 Å². The van der Waals surface area contributed by atoms with Crippen molar-refractivity contribution in [2.24, 2.45) is 0 Å². The molecule has 10 atom stereocenters. The Balaban J connectivity index is 2.73. The summed E-state index contributed by atoms with van der Waals surface area (Å²) < 4.78 is 60.2. The van der Waals surface area contributed by atoms with Gasteiger partial charge in [0, 0.05) is 55.4 Å². The van der Waals surface area contributed by atoms with Crippen molar-refractivity contribution in [2.75, 3.05) is 13.2 Å². The van der Waals surface area contributed by atoms with Crippen LogP contribution in [0.15, 0.2) is 0 Å². The first-order chi connectivity index (χ1) is 21.9. The van der Waals surface area contributed by atoms with Crippen LogP contribution in [0.2, 0.25) is 0 Å². The molecule has 19 heteroatoms. The highest BCUT2D eigenvalue weighted by Gasteiger charge is 2.58. The molecular weight excluding hydrogens is 640 g/mol. The van der Waals surface area contributed by atoms with Crippen LogP contribution in [0.3, 0.4) is 0 Å². The third-order valence-electron chi connectivity index (χ3n) is 6.17. The highest BCUT2D eigenvalue weighted by Crippen LogP contribution is 2.35. The summed E-state index contributed by atoms with van der Waals surface area (Å²) in [6.45, 7) is 7.05. The predicted molar refractivity (Wildman–Crippen MR) is 145 cm³/mol. The molecular formula is C28H38O19. The van der Waals surface area contributed by atoms with Crippen molar-refractivity contribution in [2.45, 2.75) is 117 Å². The molecule has 2 heterocycles. The molecule has 2 fully saturated rings. The van der Waals surface area contributed by atoms with Crippen LogP contribution in [0, 0.1) is 0 Å². The number of esters is 8. The molecule has 2 aliphatic heterocycles. The van der Waals surface area contributed by atoms with Crippen molar-refractivity contribution in [3.63, 3.8) is 0 Å². The molecule has 2 aliphatic rings. The number of hydrogen-bond acceptors (Lipinski definition) is 19. The number of carbonyl (C=O) groups is 8. The largest absolute Gasteiger partial charge is 0.463 e. The Bertz CT molecular complexity index is 1200. The molecule has 2 saturated heterocycles. The fourth-order valence-electron chi connectivity index (χ4n) is 4.73. The average molecular weight is 679 g/mol. The molecule has 19 nitrogen and oxygen atoms in total. The maximum absolute atomic E-state index is 12.3. The molecule has 0 aromatic heterocycles. The van der Waals surface area contributed by atoms with E-state index in [1.807, 2.05) is 0 Å². The van der Waals surface area contributed by atoms with E-state index in [4.69, 9.17) is 52.1 Å². The van der Waals surface area contributed by atoms with E-state index in [1.165, 1.54) is 0 Å². The normalized spacial score (nSPS) is 30.0. The Morgan fingerprint density at radius 1 is 0.383 bits per heavy atom. The molecule has 264 valence electrons. The van der Waals surface area contributed by atoms with Gasteiger partial charge in [0.15, 0.2) is 30.7 Å². The second-order valence-corrected chi connectivity index (χ2v) is 10.3. The van der Waals surface area contributed by atoms with E-state index in [0.717, 1.165) is 55.4 Å². The highest BCUT2D eigenvalue weighted by molar-refractivity contribution is 5.70. The molecule has 0 radical (unpaired) electrons. The molecule has 0 aromatic carbocycles. The minimum Gasteiger partial charge on any atom is -0.463 e. The summed E-state index contributed by atoms with van der Waals surface area (Å²) in [6.07, 6.45) is -16.3. The van der Waals surface area contributed by atoms with Gasteiger partial charge in [0.05, 0.1) is 0 Å². The second kappa shape index (κ2) is 17.5. The SMILES string of the molecule is CC(=O)OC[C@@H]1O[C@H](O[C@@H]2[C@@H](OC(C)=O)[C@H](OC(C)=O)[C@H](OC(C)=O)O[C@H]2COC(C)=O)[C@@H](OC(C)=O)[C@H](OC(C)=O)[C@H]1OC(C)=O. The molecule has 0 amide bonds. The summed E-state index contributed by atoms with van der Waals surface area (Å²) in [6, 6.07) is 0. The Labute approximate surface area is 268 Å². The molecule has 0 spiro atoms. The zero-order valence-electron chi connectivity index (χ0n) is 26.9. The number of carbonyl (C=O) groups excluding carboxylic acids is 8. The van der Waals surface area contributed by atoms with E-state index in [-0.39, 0.29) is 0 Å². The smallest absolute Gasteiger partial charge is 0.305 e. The summed E-state index contributed by atoms with van der Waals surface area (Å²) in [5, 5.41) is 0. The molecule has 2 rings (SSSR count). The molecule has 47 heavy (non-hydrogen) atoms. The van der Waals surface area contributed by atoms with Crippen molar-refractivity contribution in [1.29, 1.82) is 0 Å². The van der Waals surface area contributed by atoms with Gasteiger partial charge >= 0.3 is 47.8 Å². The Morgan fingerprint density at radius 3 is 1.11 bits per heavy atom. The number of hydrogen-bond donors (Lipinski definition) is 0. The number of ether oxygens (including phenoxy) is 11. The van der Waals surface area contributed by atoms with E-state index in [0.29, 0.717) is 0 Å². The molecule has 0 unspecified atom stereocenters. The lowest BCUT2D eigenvalue weighted by Crippen LogP contribution is -2.67. The van der Waals surface area contributed by atoms with Crippen LogP contribution in [0.5, 0.6) is 0 Å². The molecule has 0 saturated carbocycles. The Hall–Kier alpha value is -4.36. The predicted octanol–water partition coefficient (Wildman–Crippen LogP) is -0.831. The summed E-state index contributed by atoms with van der Waals surface area (Å²) in [5.74, 6) is -7.02. The quantitative estimate of drug-likeness (QED) is 0.181. The van der Waals surface area contributed by atoms with Crippen LogP contribution in [0.4, 0.5) is 0 Å². The van der Waals surface area contributed by atoms with Crippen LogP contribution in [0.1, 0.15) is 55.4 Å². The number of rotatable bonds is 12. The van der Waals surface area contributed by atoms with Crippen molar-refractivity contribution in [3.05, 3.63) is 0 Å². The molecule has 0 aliphatic carbocycles. The van der Waals surface area contributed by atoms with Gasteiger partial charge in [0.2, 0.25) is 12.4 Å². The lowest BCUT2D eigenvalue weighted by molar-refractivity contribution is -0.357. The van der Waals surface area contributed by atoms with Gasteiger partial charge in [-0.25, -0.2) is 0 Å². The van der Waals surface area contributed by atoms with Crippen molar-refractivity contribution in [1.82, 2.24) is 0 Å². The van der Waals surface area contributed by atoms with E-state index < -0.39 is 122 Å². The van der Waals surface area contributed by atoms with Crippen LogP contribution in [-0.2, 0) is 90.5 Å². The summed E-state index contributed by atoms with van der Waals surface area (Å²) in [7, 11) is 0. The van der Waals surface area contributed by atoms with Gasteiger partial charge in [-0.3, -0.25) is 38.4 Å². The Kier molecular flexibility index (Phi) is 14.5. The van der Waals surface area contributed by atoms with Gasteiger partial charge < -0.3 is 52.1 Å². The minimum atomic E-state index is -1.83. The third-order valence-corrected chi connectivity index (χ3v) is 6.17.